The minimum Gasteiger partial charge on any atom is -0.304 e. The first-order valence-electron chi connectivity index (χ1n) is 6.42. The summed E-state index contributed by atoms with van der Waals surface area (Å²) in [7, 11) is 1.94. The zero-order valence-electron chi connectivity index (χ0n) is 11.4. The quantitative estimate of drug-likeness (QED) is 0.686. The third kappa shape index (κ3) is 3.09. The Morgan fingerprint density at radius 1 is 1.10 bits per heavy atom. The molecule has 0 aliphatic carbocycles. The highest BCUT2D eigenvalue weighted by Gasteiger charge is 2.12. The van der Waals surface area contributed by atoms with Gasteiger partial charge in [0, 0.05) is 24.0 Å². The molecule has 3 aromatic rings. The maximum Gasteiger partial charge on any atom is 0.191 e. The molecule has 0 saturated carbocycles. The number of hydrogen-bond acceptors (Lipinski definition) is 4. The van der Waals surface area contributed by atoms with Crippen LogP contribution in [0.15, 0.2) is 53.8 Å². The van der Waals surface area contributed by atoms with Crippen molar-refractivity contribution in [3.05, 3.63) is 59.2 Å². The van der Waals surface area contributed by atoms with Gasteiger partial charge in [-0.2, -0.15) is 0 Å². The van der Waals surface area contributed by atoms with Crippen molar-refractivity contribution in [2.24, 2.45) is 7.05 Å². The number of nitrogens with zero attached hydrogens (tertiary/aromatic N) is 4. The highest BCUT2D eigenvalue weighted by Crippen LogP contribution is 2.27. The van der Waals surface area contributed by atoms with Crippen molar-refractivity contribution in [3.63, 3.8) is 0 Å². The number of hydrogen-bond donors (Lipinski definition) is 0. The summed E-state index contributed by atoms with van der Waals surface area (Å²) in [6, 6.07) is 13.6. The molecule has 0 radical (unpaired) electrons. The normalized spacial score (nSPS) is 10.8. The smallest absolute Gasteiger partial charge is 0.191 e. The number of aromatic nitrogens is 4. The molecule has 0 bridgehead atoms. The molecule has 0 aliphatic rings. The molecule has 0 saturated heterocycles. The number of halogens is 1. The Bertz CT molecular complexity index is 742. The summed E-state index contributed by atoms with van der Waals surface area (Å²) >= 11 is 7.77. The van der Waals surface area contributed by atoms with E-state index in [-0.39, 0.29) is 0 Å². The van der Waals surface area contributed by atoms with Crippen LogP contribution in [0.2, 0.25) is 5.02 Å². The first-order chi connectivity index (χ1) is 10.3. The van der Waals surface area contributed by atoms with Crippen molar-refractivity contribution >= 4 is 23.4 Å². The van der Waals surface area contributed by atoms with Crippen LogP contribution >= 0.6 is 23.4 Å². The Kier molecular flexibility index (Phi) is 4.22. The van der Waals surface area contributed by atoms with E-state index in [1.807, 2.05) is 54.1 Å². The van der Waals surface area contributed by atoms with Crippen LogP contribution < -0.4 is 0 Å². The van der Waals surface area contributed by atoms with Crippen LogP contribution in [0.3, 0.4) is 0 Å². The molecule has 6 heteroatoms. The Hall–Kier alpha value is -1.85. The van der Waals surface area contributed by atoms with Gasteiger partial charge in [0.05, 0.1) is 0 Å². The van der Waals surface area contributed by atoms with Gasteiger partial charge < -0.3 is 4.57 Å². The lowest BCUT2D eigenvalue weighted by atomic mass is 10.2. The molecular formula is C15H13ClN4S. The van der Waals surface area contributed by atoms with E-state index in [1.165, 1.54) is 0 Å². The third-order valence-corrected chi connectivity index (χ3v) is 4.48. The van der Waals surface area contributed by atoms with E-state index in [0.29, 0.717) is 0 Å². The fraction of sp³-hybridized carbons (Fsp3) is 0.133. The van der Waals surface area contributed by atoms with Crippen LogP contribution in [0, 0.1) is 0 Å². The second kappa shape index (κ2) is 6.28. The van der Waals surface area contributed by atoms with Crippen LogP contribution in [-0.2, 0) is 12.8 Å². The Morgan fingerprint density at radius 3 is 2.67 bits per heavy atom. The topological polar surface area (TPSA) is 43.6 Å². The van der Waals surface area contributed by atoms with Gasteiger partial charge in [0.15, 0.2) is 11.0 Å². The lowest BCUT2D eigenvalue weighted by Crippen LogP contribution is -1.96. The number of rotatable bonds is 4. The second-order valence-electron chi connectivity index (χ2n) is 4.46. The molecule has 2 heterocycles. The first kappa shape index (κ1) is 14.1. The molecule has 0 aliphatic heterocycles. The maximum absolute atomic E-state index is 6.17. The van der Waals surface area contributed by atoms with Crippen molar-refractivity contribution in [1.29, 1.82) is 0 Å². The number of thioether (sulfide) groups is 1. The molecule has 2 aromatic heterocycles. The van der Waals surface area contributed by atoms with Crippen LogP contribution in [0.5, 0.6) is 0 Å². The largest absolute Gasteiger partial charge is 0.304 e. The summed E-state index contributed by atoms with van der Waals surface area (Å²) in [4.78, 5) is 4.30. The maximum atomic E-state index is 6.17. The molecule has 21 heavy (non-hydrogen) atoms. The predicted octanol–water partition coefficient (Wildman–Crippen LogP) is 3.82. The summed E-state index contributed by atoms with van der Waals surface area (Å²) in [6.45, 7) is 0. The molecule has 0 amide bonds. The van der Waals surface area contributed by atoms with Gasteiger partial charge in [-0.1, -0.05) is 47.6 Å². The summed E-state index contributed by atoms with van der Waals surface area (Å²) in [6.07, 6.45) is 1.75. The first-order valence-corrected chi connectivity index (χ1v) is 7.79. The van der Waals surface area contributed by atoms with Gasteiger partial charge in [-0.25, -0.2) is 0 Å². The average molecular weight is 317 g/mol. The monoisotopic (exact) mass is 316 g/mol. The molecule has 106 valence electrons. The van der Waals surface area contributed by atoms with Crippen molar-refractivity contribution in [2.45, 2.75) is 10.9 Å². The molecule has 0 unspecified atom stereocenters. The van der Waals surface area contributed by atoms with E-state index < -0.39 is 0 Å². The Labute approximate surface area is 132 Å². The van der Waals surface area contributed by atoms with Crippen molar-refractivity contribution in [3.8, 4) is 11.5 Å². The predicted molar refractivity (Wildman–Crippen MR) is 85.2 cm³/mol. The van der Waals surface area contributed by atoms with Crippen molar-refractivity contribution in [2.75, 3.05) is 0 Å². The van der Waals surface area contributed by atoms with Crippen molar-refractivity contribution in [1.82, 2.24) is 19.7 Å². The number of pyridine rings is 1. The summed E-state index contributed by atoms with van der Waals surface area (Å²) in [5.74, 6) is 1.52. The summed E-state index contributed by atoms with van der Waals surface area (Å²) in [5.41, 5.74) is 1.91. The average Bonchev–Trinajstić information content (AvgIpc) is 2.88. The van der Waals surface area contributed by atoms with Gasteiger partial charge in [-0.3, -0.25) is 4.98 Å². The Morgan fingerprint density at radius 2 is 1.90 bits per heavy atom. The van der Waals surface area contributed by atoms with E-state index >= 15 is 0 Å². The molecule has 3 rings (SSSR count). The molecular weight excluding hydrogens is 304 g/mol. The van der Waals surface area contributed by atoms with Crippen LogP contribution in [-0.4, -0.2) is 19.7 Å². The number of benzene rings is 1. The van der Waals surface area contributed by atoms with Gasteiger partial charge in [0.25, 0.3) is 0 Å². The standard InChI is InChI=1S/C15H13ClN4S/c1-20-14(13-8-4-5-9-17-13)18-19-15(20)21-10-11-6-2-3-7-12(11)16/h2-9H,10H2,1H3. The highest BCUT2D eigenvalue weighted by molar-refractivity contribution is 7.98. The lowest BCUT2D eigenvalue weighted by Gasteiger charge is -2.04. The summed E-state index contributed by atoms with van der Waals surface area (Å²) < 4.78 is 1.95. The Balaban J connectivity index is 1.79. The zero-order valence-corrected chi connectivity index (χ0v) is 13.0. The van der Waals surface area contributed by atoms with Crippen LogP contribution in [0.1, 0.15) is 5.56 Å². The van der Waals surface area contributed by atoms with Gasteiger partial charge in [0.2, 0.25) is 0 Å². The second-order valence-corrected chi connectivity index (χ2v) is 5.81. The fourth-order valence-electron chi connectivity index (χ4n) is 1.92. The molecule has 0 fully saturated rings. The van der Waals surface area contributed by atoms with E-state index in [9.17, 15) is 0 Å². The van der Waals surface area contributed by atoms with E-state index in [0.717, 1.165) is 33.0 Å². The third-order valence-electron chi connectivity index (χ3n) is 3.04. The van der Waals surface area contributed by atoms with E-state index in [4.69, 9.17) is 11.6 Å². The summed E-state index contributed by atoms with van der Waals surface area (Å²) in [5, 5.41) is 10.1. The molecule has 0 spiro atoms. The van der Waals surface area contributed by atoms with Gasteiger partial charge in [-0.05, 0) is 23.8 Å². The fourth-order valence-corrected chi connectivity index (χ4v) is 3.11. The van der Waals surface area contributed by atoms with Gasteiger partial charge in [-0.15, -0.1) is 10.2 Å². The SMILES string of the molecule is Cn1c(SCc2ccccc2Cl)nnc1-c1ccccn1. The van der Waals surface area contributed by atoms with E-state index in [2.05, 4.69) is 15.2 Å². The molecule has 0 atom stereocenters. The lowest BCUT2D eigenvalue weighted by molar-refractivity contribution is 0.792. The van der Waals surface area contributed by atoms with Crippen molar-refractivity contribution < 1.29 is 0 Å². The minimum atomic E-state index is 0.758. The molecule has 1 aromatic carbocycles. The van der Waals surface area contributed by atoms with E-state index in [1.54, 1.807) is 18.0 Å². The van der Waals surface area contributed by atoms with Crippen LogP contribution in [0.4, 0.5) is 0 Å². The highest BCUT2D eigenvalue weighted by atomic mass is 35.5. The van der Waals surface area contributed by atoms with Gasteiger partial charge >= 0.3 is 0 Å². The molecule has 4 nitrogen and oxygen atoms in total. The minimum absolute atomic E-state index is 0.758. The van der Waals surface area contributed by atoms with Gasteiger partial charge in [0.1, 0.15) is 5.69 Å². The van der Waals surface area contributed by atoms with Crippen LogP contribution in [0.25, 0.3) is 11.5 Å². The molecule has 0 N–H and O–H groups in total. The zero-order chi connectivity index (χ0) is 14.7.